The SMILES string of the molecule is c1ccc(N2COCCc3ccccc32)cc1. The van der Waals surface area contributed by atoms with Crippen LogP contribution in [-0.4, -0.2) is 13.3 Å². The highest BCUT2D eigenvalue weighted by Crippen LogP contribution is 2.30. The molecule has 0 fully saturated rings. The van der Waals surface area contributed by atoms with Crippen LogP contribution < -0.4 is 4.90 Å². The summed E-state index contributed by atoms with van der Waals surface area (Å²) in [6.45, 7) is 1.42. The molecule has 0 atom stereocenters. The highest BCUT2D eigenvalue weighted by Gasteiger charge is 2.15. The second-order valence-electron chi connectivity index (χ2n) is 4.18. The fraction of sp³-hybridized carbons (Fsp3) is 0.200. The Hall–Kier alpha value is -1.80. The van der Waals surface area contributed by atoms with Crippen LogP contribution in [0, 0.1) is 0 Å². The third kappa shape index (κ3) is 2.04. The molecule has 17 heavy (non-hydrogen) atoms. The molecule has 0 aliphatic carbocycles. The normalized spacial score (nSPS) is 15.2. The predicted octanol–water partition coefficient (Wildman–Crippen LogP) is 3.35. The van der Waals surface area contributed by atoms with Crippen molar-refractivity contribution in [3.05, 3.63) is 60.2 Å². The fourth-order valence-electron chi connectivity index (χ4n) is 2.21. The Morgan fingerprint density at radius 2 is 1.65 bits per heavy atom. The summed E-state index contributed by atoms with van der Waals surface area (Å²) in [5.74, 6) is 0. The molecular formula is C15H15NO. The van der Waals surface area contributed by atoms with E-state index in [1.54, 1.807) is 0 Å². The molecule has 1 heterocycles. The van der Waals surface area contributed by atoms with Crippen LogP contribution >= 0.6 is 0 Å². The smallest absolute Gasteiger partial charge is 0.123 e. The largest absolute Gasteiger partial charge is 0.360 e. The van der Waals surface area contributed by atoms with Gasteiger partial charge < -0.3 is 9.64 Å². The van der Waals surface area contributed by atoms with E-state index in [2.05, 4.69) is 53.4 Å². The van der Waals surface area contributed by atoms with Gasteiger partial charge >= 0.3 is 0 Å². The zero-order chi connectivity index (χ0) is 11.5. The van der Waals surface area contributed by atoms with Crippen molar-refractivity contribution in [1.29, 1.82) is 0 Å². The summed E-state index contributed by atoms with van der Waals surface area (Å²) in [5.41, 5.74) is 3.80. The molecule has 1 aliphatic rings. The van der Waals surface area contributed by atoms with Crippen LogP contribution in [0.1, 0.15) is 5.56 Å². The molecule has 2 nitrogen and oxygen atoms in total. The van der Waals surface area contributed by atoms with Crippen molar-refractivity contribution in [2.75, 3.05) is 18.2 Å². The van der Waals surface area contributed by atoms with E-state index < -0.39 is 0 Å². The highest BCUT2D eigenvalue weighted by molar-refractivity contribution is 5.66. The van der Waals surface area contributed by atoms with Crippen molar-refractivity contribution in [2.45, 2.75) is 6.42 Å². The van der Waals surface area contributed by atoms with E-state index in [4.69, 9.17) is 4.74 Å². The quantitative estimate of drug-likeness (QED) is 0.738. The standard InChI is InChI=1S/C15H15NO/c1-2-7-14(8-3-1)16-12-17-11-10-13-6-4-5-9-15(13)16/h1-9H,10-12H2. The number of hydrogen-bond acceptors (Lipinski definition) is 2. The van der Waals surface area contributed by atoms with Gasteiger partial charge in [0.15, 0.2) is 0 Å². The van der Waals surface area contributed by atoms with Crippen LogP contribution in [0.25, 0.3) is 0 Å². The summed E-state index contributed by atoms with van der Waals surface area (Å²) in [6, 6.07) is 18.9. The van der Waals surface area contributed by atoms with Gasteiger partial charge in [-0.2, -0.15) is 0 Å². The van der Waals surface area contributed by atoms with Crippen LogP contribution in [0.2, 0.25) is 0 Å². The third-order valence-corrected chi connectivity index (χ3v) is 3.09. The van der Waals surface area contributed by atoms with E-state index in [9.17, 15) is 0 Å². The zero-order valence-electron chi connectivity index (χ0n) is 9.67. The van der Waals surface area contributed by atoms with Crippen molar-refractivity contribution in [1.82, 2.24) is 0 Å². The second-order valence-corrected chi connectivity index (χ2v) is 4.18. The van der Waals surface area contributed by atoms with Crippen LogP contribution in [0.5, 0.6) is 0 Å². The number of fused-ring (bicyclic) bond motifs is 1. The molecule has 86 valence electrons. The van der Waals surface area contributed by atoms with Crippen LogP contribution in [-0.2, 0) is 11.2 Å². The maximum Gasteiger partial charge on any atom is 0.123 e. The van der Waals surface area contributed by atoms with Crippen molar-refractivity contribution >= 4 is 11.4 Å². The van der Waals surface area contributed by atoms with Crippen LogP contribution in [0.3, 0.4) is 0 Å². The molecular weight excluding hydrogens is 210 g/mol. The maximum absolute atomic E-state index is 5.67. The zero-order valence-corrected chi connectivity index (χ0v) is 9.67. The number of rotatable bonds is 1. The molecule has 2 aromatic carbocycles. The third-order valence-electron chi connectivity index (χ3n) is 3.09. The molecule has 0 unspecified atom stereocenters. The summed E-state index contributed by atoms with van der Waals surface area (Å²) < 4.78 is 5.67. The molecule has 0 bridgehead atoms. The molecule has 3 rings (SSSR count). The van der Waals surface area contributed by atoms with Crippen molar-refractivity contribution in [3.63, 3.8) is 0 Å². The average molecular weight is 225 g/mol. The number of hydrogen-bond donors (Lipinski definition) is 0. The minimum absolute atomic E-state index is 0.626. The lowest BCUT2D eigenvalue weighted by atomic mass is 10.1. The Labute approximate surface area is 101 Å². The molecule has 0 spiro atoms. The van der Waals surface area contributed by atoms with E-state index in [1.165, 1.54) is 16.9 Å². The lowest BCUT2D eigenvalue weighted by Gasteiger charge is -2.24. The van der Waals surface area contributed by atoms with E-state index in [-0.39, 0.29) is 0 Å². The first kappa shape index (κ1) is 10.4. The van der Waals surface area contributed by atoms with Gasteiger partial charge in [-0.05, 0) is 30.2 Å². The van der Waals surface area contributed by atoms with Gasteiger partial charge in [0.25, 0.3) is 0 Å². The topological polar surface area (TPSA) is 12.5 Å². The lowest BCUT2D eigenvalue weighted by molar-refractivity contribution is 0.148. The van der Waals surface area contributed by atoms with Gasteiger partial charge in [-0.3, -0.25) is 0 Å². The molecule has 1 aliphatic heterocycles. The number of nitrogens with zero attached hydrogens (tertiary/aromatic N) is 1. The first-order valence-corrected chi connectivity index (χ1v) is 5.93. The summed E-state index contributed by atoms with van der Waals surface area (Å²) in [6.07, 6.45) is 0.986. The second kappa shape index (κ2) is 4.60. The minimum atomic E-state index is 0.626. The molecule has 0 aromatic heterocycles. The Bertz CT molecular complexity index is 495. The summed E-state index contributed by atoms with van der Waals surface area (Å²) in [4.78, 5) is 2.22. The Kier molecular flexibility index (Phi) is 2.80. The minimum Gasteiger partial charge on any atom is -0.360 e. The first-order valence-electron chi connectivity index (χ1n) is 5.93. The predicted molar refractivity (Wildman–Crippen MR) is 69.5 cm³/mol. The molecule has 2 heteroatoms. The summed E-state index contributed by atoms with van der Waals surface area (Å²) in [5, 5.41) is 0. The van der Waals surface area contributed by atoms with Gasteiger partial charge in [-0.25, -0.2) is 0 Å². The van der Waals surface area contributed by atoms with Crippen molar-refractivity contribution < 1.29 is 4.74 Å². The monoisotopic (exact) mass is 225 g/mol. The van der Waals surface area contributed by atoms with Crippen LogP contribution in [0.4, 0.5) is 11.4 Å². The Morgan fingerprint density at radius 1 is 0.882 bits per heavy atom. The number of ether oxygens (including phenoxy) is 1. The molecule has 0 saturated carbocycles. The highest BCUT2D eigenvalue weighted by atomic mass is 16.5. The van der Waals surface area contributed by atoms with Gasteiger partial charge in [0.2, 0.25) is 0 Å². The molecule has 0 N–H and O–H groups in total. The number of anilines is 2. The van der Waals surface area contributed by atoms with E-state index in [1.807, 2.05) is 6.07 Å². The van der Waals surface area contributed by atoms with Gasteiger partial charge in [0.1, 0.15) is 6.73 Å². The van der Waals surface area contributed by atoms with Gasteiger partial charge in [0.05, 0.1) is 6.61 Å². The Balaban J connectivity index is 2.06. The first-order chi connectivity index (χ1) is 8.45. The lowest BCUT2D eigenvalue weighted by Crippen LogP contribution is -2.19. The van der Waals surface area contributed by atoms with E-state index >= 15 is 0 Å². The van der Waals surface area contributed by atoms with Gasteiger partial charge in [0, 0.05) is 11.4 Å². The Morgan fingerprint density at radius 3 is 2.53 bits per heavy atom. The number of benzene rings is 2. The molecule has 0 radical (unpaired) electrons. The summed E-state index contributed by atoms with van der Waals surface area (Å²) in [7, 11) is 0. The van der Waals surface area contributed by atoms with E-state index in [0.29, 0.717) is 6.73 Å². The van der Waals surface area contributed by atoms with Gasteiger partial charge in [-0.1, -0.05) is 36.4 Å². The average Bonchev–Trinajstić information content (AvgIpc) is 2.62. The molecule has 2 aromatic rings. The number of para-hydroxylation sites is 2. The fourth-order valence-corrected chi connectivity index (χ4v) is 2.21. The van der Waals surface area contributed by atoms with Gasteiger partial charge in [-0.15, -0.1) is 0 Å². The van der Waals surface area contributed by atoms with Crippen LogP contribution in [0.15, 0.2) is 54.6 Å². The van der Waals surface area contributed by atoms with Crippen molar-refractivity contribution in [2.24, 2.45) is 0 Å². The summed E-state index contributed by atoms with van der Waals surface area (Å²) >= 11 is 0. The molecule has 0 saturated heterocycles. The molecule has 0 amide bonds. The van der Waals surface area contributed by atoms with E-state index in [0.717, 1.165) is 13.0 Å². The van der Waals surface area contributed by atoms with Crippen molar-refractivity contribution in [3.8, 4) is 0 Å². The maximum atomic E-state index is 5.67.